The number of nitrogens with zero attached hydrogens (tertiary/aromatic N) is 1. The first-order valence-electron chi connectivity index (χ1n) is 7.56. The van der Waals surface area contributed by atoms with Gasteiger partial charge in [-0.1, -0.05) is 27.5 Å². The molecule has 0 aliphatic carbocycles. The van der Waals surface area contributed by atoms with E-state index in [9.17, 15) is 9.18 Å². The molecule has 3 rings (SSSR count). The molecular formula is C18H13BrClFN2O2S. The van der Waals surface area contributed by atoms with E-state index in [1.165, 1.54) is 23.5 Å². The summed E-state index contributed by atoms with van der Waals surface area (Å²) in [5.74, 6) is -0.139. The van der Waals surface area contributed by atoms with Crippen LogP contribution in [0.15, 0.2) is 52.3 Å². The summed E-state index contributed by atoms with van der Waals surface area (Å²) in [6.07, 6.45) is 0.0624. The van der Waals surface area contributed by atoms with Crippen molar-refractivity contribution < 1.29 is 13.9 Å². The summed E-state index contributed by atoms with van der Waals surface area (Å²) in [5.41, 5.74) is 0.749. The molecule has 0 unspecified atom stereocenters. The second-order valence-corrected chi connectivity index (χ2v) is 7.62. The lowest BCUT2D eigenvalue weighted by Crippen LogP contribution is -2.15. The van der Waals surface area contributed by atoms with Crippen LogP contribution in [0.5, 0.6) is 5.75 Å². The van der Waals surface area contributed by atoms with Crippen LogP contribution in [0.25, 0.3) is 0 Å². The zero-order chi connectivity index (χ0) is 18.5. The van der Waals surface area contributed by atoms with Gasteiger partial charge in [-0.25, -0.2) is 9.37 Å². The van der Waals surface area contributed by atoms with Gasteiger partial charge in [0.2, 0.25) is 5.91 Å². The first kappa shape index (κ1) is 18.8. The maximum Gasteiger partial charge on any atom is 0.230 e. The standard InChI is InChI=1S/C18H13BrClFN2O2S/c19-11-1-6-16(15(21)7-11)23-17(24)8-13-10-26-18(22-13)9-25-14-4-2-12(20)3-5-14/h1-7,10H,8-9H2,(H,23,24). The maximum atomic E-state index is 13.8. The van der Waals surface area contributed by atoms with Crippen LogP contribution in [0.2, 0.25) is 5.02 Å². The van der Waals surface area contributed by atoms with E-state index < -0.39 is 5.82 Å². The van der Waals surface area contributed by atoms with Gasteiger partial charge >= 0.3 is 0 Å². The van der Waals surface area contributed by atoms with Crippen molar-refractivity contribution in [3.8, 4) is 5.75 Å². The first-order chi connectivity index (χ1) is 12.5. The number of amides is 1. The number of carbonyl (C=O) groups is 1. The molecule has 3 aromatic rings. The van der Waals surface area contributed by atoms with Crippen LogP contribution in [0.3, 0.4) is 0 Å². The van der Waals surface area contributed by atoms with Gasteiger partial charge < -0.3 is 10.1 Å². The number of rotatable bonds is 6. The van der Waals surface area contributed by atoms with E-state index in [1.54, 1.807) is 35.7 Å². The normalized spacial score (nSPS) is 10.6. The summed E-state index contributed by atoms with van der Waals surface area (Å²) in [5, 5.41) is 5.72. The Bertz CT molecular complexity index is 918. The molecule has 1 heterocycles. The molecule has 0 aliphatic rings. The summed E-state index contributed by atoms with van der Waals surface area (Å²) in [6.45, 7) is 0.301. The molecule has 0 saturated carbocycles. The predicted molar refractivity (Wildman–Crippen MR) is 104 cm³/mol. The monoisotopic (exact) mass is 454 g/mol. The molecule has 0 bridgehead atoms. The fourth-order valence-corrected chi connectivity index (χ4v) is 3.29. The van der Waals surface area contributed by atoms with Crippen molar-refractivity contribution >= 4 is 50.5 Å². The van der Waals surface area contributed by atoms with Crippen LogP contribution in [0.1, 0.15) is 10.7 Å². The minimum atomic E-state index is -0.497. The molecule has 26 heavy (non-hydrogen) atoms. The molecule has 2 aromatic carbocycles. The average molecular weight is 456 g/mol. The quantitative estimate of drug-likeness (QED) is 0.537. The Balaban J connectivity index is 1.54. The van der Waals surface area contributed by atoms with Gasteiger partial charge in [-0.2, -0.15) is 0 Å². The molecule has 0 spiro atoms. The third-order valence-corrected chi connectivity index (χ3v) is 4.94. The summed E-state index contributed by atoms with van der Waals surface area (Å²) in [4.78, 5) is 16.4. The largest absolute Gasteiger partial charge is 0.486 e. The SMILES string of the molecule is O=C(Cc1csc(COc2ccc(Cl)cc2)n1)Nc1ccc(Br)cc1F. The van der Waals surface area contributed by atoms with Crippen LogP contribution in [0.4, 0.5) is 10.1 Å². The van der Waals surface area contributed by atoms with E-state index in [-0.39, 0.29) is 18.0 Å². The fourth-order valence-electron chi connectivity index (χ4n) is 2.12. The second-order valence-electron chi connectivity index (χ2n) is 5.32. The molecule has 0 radical (unpaired) electrons. The first-order valence-corrected chi connectivity index (χ1v) is 9.61. The Labute approximate surface area is 167 Å². The second kappa shape index (κ2) is 8.62. The van der Waals surface area contributed by atoms with E-state index in [2.05, 4.69) is 26.2 Å². The minimum Gasteiger partial charge on any atom is -0.486 e. The topological polar surface area (TPSA) is 51.2 Å². The van der Waals surface area contributed by atoms with Crippen LogP contribution in [0, 0.1) is 5.82 Å². The molecular weight excluding hydrogens is 443 g/mol. The lowest BCUT2D eigenvalue weighted by Gasteiger charge is -2.06. The average Bonchev–Trinajstić information content (AvgIpc) is 3.04. The Morgan fingerprint density at radius 3 is 2.77 bits per heavy atom. The number of thiazole rings is 1. The number of halogens is 3. The number of hydrogen-bond acceptors (Lipinski definition) is 4. The van der Waals surface area contributed by atoms with Crippen molar-refractivity contribution in [3.05, 3.63) is 73.9 Å². The zero-order valence-corrected chi connectivity index (χ0v) is 16.5. The van der Waals surface area contributed by atoms with Crippen LogP contribution < -0.4 is 10.1 Å². The van der Waals surface area contributed by atoms with E-state index >= 15 is 0 Å². The van der Waals surface area contributed by atoms with Gasteiger partial charge in [0.15, 0.2) is 0 Å². The molecule has 0 saturated heterocycles. The van der Waals surface area contributed by atoms with E-state index in [4.69, 9.17) is 16.3 Å². The third-order valence-electron chi connectivity index (χ3n) is 3.32. The zero-order valence-electron chi connectivity index (χ0n) is 13.3. The highest BCUT2D eigenvalue weighted by molar-refractivity contribution is 9.10. The van der Waals surface area contributed by atoms with Gasteiger partial charge in [-0.15, -0.1) is 11.3 Å². The fraction of sp³-hybridized carbons (Fsp3) is 0.111. The molecule has 134 valence electrons. The van der Waals surface area contributed by atoms with Crippen molar-refractivity contribution in [2.75, 3.05) is 5.32 Å². The number of ether oxygens (including phenoxy) is 1. The van der Waals surface area contributed by atoms with Gasteiger partial charge in [0.05, 0.1) is 17.8 Å². The molecule has 8 heteroatoms. The van der Waals surface area contributed by atoms with Crippen molar-refractivity contribution in [2.24, 2.45) is 0 Å². The number of aromatic nitrogens is 1. The van der Waals surface area contributed by atoms with Gasteiger partial charge in [-0.3, -0.25) is 4.79 Å². The highest BCUT2D eigenvalue weighted by Crippen LogP contribution is 2.21. The minimum absolute atomic E-state index is 0.0624. The van der Waals surface area contributed by atoms with Crippen molar-refractivity contribution in [1.29, 1.82) is 0 Å². The number of carbonyl (C=O) groups excluding carboxylic acids is 1. The van der Waals surface area contributed by atoms with E-state index in [1.807, 2.05) is 0 Å². The third kappa shape index (κ3) is 5.27. The van der Waals surface area contributed by atoms with Crippen molar-refractivity contribution in [1.82, 2.24) is 4.98 Å². The summed E-state index contributed by atoms with van der Waals surface area (Å²) in [6, 6.07) is 11.5. The number of anilines is 1. The Kier molecular flexibility index (Phi) is 6.24. The molecule has 4 nitrogen and oxygen atoms in total. The summed E-state index contributed by atoms with van der Waals surface area (Å²) in [7, 11) is 0. The lowest BCUT2D eigenvalue weighted by molar-refractivity contribution is -0.115. The Morgan fingerprint density at radius 1 is 1.27 bits per heavy atom. The lowest BCUT2D eigenvalue weighted by atomic mass is 10.2. The van der Waals surface area contributed by atoms with Gasteiger partial charge in [-0.05, 0) is 42.5 Å². The van der Waals surface area contributed by atoms with Gasteiger partial charge in [0, 0.05) is 14.9 Å². The molecule has 0 fully saturated rings. The number of nitrogens with one attached hydrogen (secondary N) is 1. The molecule has 1 aromatic heterocycles. The molecule has 1 N–H and O–H groups in total. The molecule has 0 atom stereocenters. The Hall–Kier alpha value is -1.96. The predicted octanol–water partition coefficient (Wildman–Crippen LogP) is 5.46. The van der Waals surface area contributed by atoms with E-state index in [0.717, 1.165) is 5.01 Å². The highest BCUT2D eigenvalue weighted by Gasteiger charge is 2.11. The van der Waals surface area contributed by atoms with Crippen molar-refractivity contribution in [2.45, 2.75) is 13.0 Å². The number of hydrogen-bond donors (Lipinski definition) is 1. The molecule has 1 amide bonds. The van der Waals surface area contributed by atoms with Crippen LogP contribution in [-0.4, -0.2) is 10.9 Å². The van der Waals surface area contributed by atoms with Gasteiger partial charge in [0.25, 0.3) is 0 Å². The number of benzene rings is 2. The summed E-state index contributed by atoms with van der Waals surface area (Å²) < 4.78 is 20.0. The summed E-state index contributed by atoms with van der Waals surface area (Å²) >= 11 is 10.4. The Morgan fingerprint density at radius 2 is 2.04 bits per heavy atom. The van der Waals surface area contributed by atoms with E-state index in [0.29, 0.717) is 27.5 Å². The van der Waals surface area contributed by atoms with Gasteiger partial charge in [0.1, 0.15) is 23.2 Å². The van der Waals surface area contributed by atoms with Crippen LogP contribution in [-0.2, 0) is 17.8 Å². The van der Waals surface area contributed by atoms with Crippen LogP contribution >= 0.6 is 38.9 Å². The van der Waals surface area contributed by atoms with Crippen molar-refractivity contribution in [3.63, 3.8) is 0 Å². The molecule has 0 aliphatic heterocycles. The smallest absolute Gasteiger partial charge is 0.230 e. The maximum absolute atomic E-state index is 13.8. The highest BCUT2D eigenvalue weighted by atomic mass is 79.9.